The lowest BCUT2D eigenvalue weighted by Gasteiger charge is -2.34. The van der Waals surface area contributed by atoms with Crippen molar-refractivity contribution in [3.63, 3.8) is 0 Å². The molecule has 2 saturated carbocycles. The van der Waals surface area contributed by atoms with Gasteiger partial charge in [-0.3, -0.25) is 9.59 Å². The zero-order valence-electron chi connectivity index (χ0n) is 13.2. The summed E-state index contributed by atoms with van der Waals surface area (Å²) in [5.41, 5.74) is -0.804. The Kier molecular flexibility index (Phi) is 5.65. The second-order valence-electron chi connectivity index (χ2n) is 7.03. The first-order valence-electron chi connectivity index (χ1n) is 8.58. The molecule has 4 nitrogen and oxygen atoms in total. The van der Waals surface area contributed by atoms with Crippen LogP contribution in [0.2, 0.25) is 0 Å². The minimum atomic E-state index is -0.804. The SMILES string of the molecule is CCC1CCCC(NC(=O)CC2(C(=O)O)CCCCC2)C1. The zero-order valence-corrected chi connectivity index (χ0v) is 13.2. The number of carbonyl (C=O) groups excluding carboxylic acids is 1. The van der Waals surface area contributed by atoms with Crippen LogP contribution in [-0.4, -0.2) is 23.0 Å². The van der Waals surface area contributed by atoms with Gasteiger partial charge in [0.15, 0.2) is 0 Å². The second-order valence-corrected chi connectivity index (χ2v) is 7.03. The van der Waals surface area contributed by atoms with Crippen LogP contribution in [0.25, 0.3) is 0 Å². The number of carboxylic acid groups (broad SMARTS) is 1. The van der Waals surface area contributed by atoms with Crippen LogP contribution in [0.15, 0.2) is 0 Å². The van der Waals surface area contributed by atoms with Crippen LogP contribution in [0.5, 0.6) is 0 Å². The molecule has 0 heterocycles. The third-order valence-electron chi connectivity index (χ3n) is 5.49. The van der Waals surface area contributed by atoms with E-state index in [9.17, 15) is 14.7 Å². The van der Waals surface area contributed by atoms with Gasteiger partial charge >= 0.3 is 5.97 Å². The molecule has 120 valence electrons. The van der Waals surface area contributed by atoms with Crippen molar-refractivity contribution in [2.75, 3.05) is 0 Å². The first-order valence-corrected chi connectivity index (χ1v) is 8.58. The average Bonchev–Trinajstić information content (AvgIpc) is 2.48. The molecule has 2 aliphatic rings. The maximum atomic E-state index is 12.3. The Labute approximate surface area is 127 Å². The van der Waals surface area contributed by atoms with E-state index >= 15 is 0 Å². The lowest BCUT2D eigenvalue weighted by Crippen LogP contribution is -2.43. The summed E-state index contributed by atoms with van der Waals surface area (Å²) in [6, 6.07) is 0.255. The van der Waals surface area contributed by atoms with Gasteiger partial charge in [0.1, 0.15) is 0 Å². The molecule has 0 radical (unpaired) electrons. The number of hydrogen-bond donors (Lipinski definition) is 2. The van der Waals surface area contributed by atoms with Crippen LogP contribution in [-0.2, 0) is 9.59 Å². The highest BCUT2D eigenvalue weighted by Gasteiger charge is 2.41. The fraction of sp³-hybridized carbons (Fsp3) is 0.882. The van der Waals surface area contributed by atoms with E-state index in [0.717, 1.165) is 32.1 Å². The van der Waals surface area contributed by atoms with Gasteiger partial charge in [0, 0.05) is 12.5 Å². The van der Waals surface area contributed by atoms with E-state index in [-0.39, 0.29) is 18.4 Å². The van der Waals surface area contributed by atoms with Gasteiger partial charge in [-0.25, -0.2) is 0 Å². The van der Waals surface area contributed by atoms with Crippen molar-refractivity contribution >= 4 is 11.9 Å². The summed E-state index contributed by atoms with van der Waals surface area (Å²) in [7, 11) is 0. The molecule has 2 N–H and O–H groups in total. The maximum absolute atomic E-state index is 12.3. The quantitative estimate of drug-likeness (QED) is 0.816. The summed E-state index contributed by atoms with van der Waals surface area (Å²) in [6.07, 6.45) is 10.1. The lowest BCUT2D eigenvalue weighted by molar-refractivity contribution is -0.154. The van der Waals surface area contributed by atoms with E-state index in [4.69, 9.17) is 0 Å². The third kappa shape index (κ3) is 4.21. The van der Waals surface area contributed by atoms with Crippen LogP contribution in [0.3, 0.4) is 0 Å². The highest BCUT2D eigenvalue weighted by molar-refractivity contribution is 5.85. The Morgan fingerprint density at radius 2 is 1.86 bits per heavy atom. The summed E-state index contributed by atoms with van der Waals surface area (Å²) in [6.45, 7) is 2.20. The first-order chi connectivity index (χ1) is 10.1. The van der Waals surface area contributed by atoms with Gasteiger partial charge in [0.2, 0.25) is 5.91 Å². The Morgan fingerprint density at radius 3 is 2.48 bits per heavy atom. The van der Waals surface area contributed by atoms with Crippen molar-refractivity contribution in [3.05, 3.63) is 0 Å². The average molecular weight is 295 g/mol. The zero-order chi connectivity index (χ0) is 15.3. The molecule has 0 aromatic heterocycles. The molecule has 0 saturated heterocycles. The predicted octanol–water partition coefficient (Wildman–Crippen LogP) is 3.50. The van der Waals surface area contributed by atoms with Gasteiger partial charge in [0.05, 0.1) is 5.41 Å². The summed E-state index contributed by atoms with van der Waals surface area (Å²) in [4.78, 5) is 23.9. The molecule has 0 aromatic rings. The molecule has 0 aromatic carbocycles. The Bertz CT molecular complexity index is 374. The van der Waals surface area contributed by atoms with Crippen LogP contribution < -0.4 is 5.32 Å². The molecule has 2 rings (SSSR count). The molecule has 2 unspecified atom stereocenters. The summed E-state index contributed by atoms with van der Waals surface area (Å²) in [5.74, 6) is -0.124. The van der Waals surface area contributed by atoms with Crippen molar-refractivity contribution in [1.82, 2.24) is 5.32 Å². The fourth-order valence-corrected chi connectivity index (χ4v) is 4.07. The molecule has 2 fully saturated rings. The monoisotopic (exact) mass is 295 g/mol. The number of carbonyl (C=O) groups is 2. The van der Waals surface area contributed by atoms with E-state index in [1.807, 2.05) is 0 Å². The summed E-state index contributed by atoms with van der Waals surface area (Å²) < 4.78 is 0. The molecule has 1 amide bonds. The van der Waals surface area contributed by atoms with Crippen LogP contribution in [0.1, 0.15) is 77.6 Å². The van der Waals surface area contributed by atoms with Gasteiger partial charge in [-0.15, -0.1) is 0 Å². The lowest BCUT2D eigenvalue weighted by atomic mass is 9.71. The molecule has 0 aliphatic heterocycles. The minimum absolute atomic E-state index is 0.0546. The highest BCUT2D eigenvalue weighted by Crippen LogP contribution is 2.39. The topological polar surface area (TPSA) is 66.4 Å². The summed E-state index contributed by atoms with van der Waals surface area (Å²) in [5, 5.41) is 12.7. The van der Waals surface area contributed by atoms with Crippen molar-refractivity contribution in [1.29, 1.82) is 0 Å². The van der Waals surface area contributed by atoms with Crippen molar-refractivity contribution < 1.29 is 14.7 Å². The van der Waals surface area contributed by atoms with E-state index in [1.165, 1.54) is 19.3 Å². The molecule has 2 aliphatic carbocycles. The van der Waals surface area contributed by atoms with E-state index in [0.29, 0.717) is 18.8 Å². The maximum Gasteiger partial charge on any atom is 0.310 e. The van der Waals surface area contributed by atoms with Crippen molar-refractivity contribution in [2.45, 2.75) is 83.6 Å². The molecular formula is C17H29NO3. The first kappa shape index (κ1) is 16.3. The highest BCUT2D eigenvalue weighted by atomic mass is 16.4. The number of rotatable bonds is 5. The van der Waals surface area contributed by atoms with Gasteiger partial charge < -0.3 is 10.4 Å². The van der Waals surface area contributed by atoms with Crippen LogP contribution in [0, 0.1) is 11.3 Å². The molecule has 4 heteroatoms. The molecular weight excluding hydrogens is 266 g/mol. The van der Waals surface area contributed by atoms with Gasteiger partial charge in [-0.1, -0.05) is 45.4 Å². The second kappa shape index (κ2) is 7.28. The fourth-order valence-electron chi connectivity index (χ4n) is 4.07. The molecule has 0 bridgehead atoms. The number of carboxylic acids is 1. The Morgan fingerprint density at radius 1 is 1.14 bits per heavy atom. The van der Waals surface area contributed by atoms with Crippen molar-refractivity contribution in [2.24, 2.45) is 11.3 Å². The van der Waals surface area contributed by atoms with Gasteiger partial charge in [0.25, 0.3) is 0 Å². The Balaban J connectivity index is 1.89. The van der Waals surface area contributed by atoms with Crippen LogP contribution >= 0.6 is 0 Å². The third-order valence-corrected chi connectivity index (χ3v) is 5.49. The van der Waals surface area contributed by atoms with Gasteiger partial charge in [-0.05, 0) is 31.6 Å². The smallest absolute Gasteiger partial charge is 0.310 e. The van der Waals surface area contributed by atoms with Gasteiger partial charge in [-0.2, -0.15) is 0 Å². The molecule has 2 atom stereocenters. The van der Waals surface area contributed by atoms with Crippen molar-refractivity contribution in [3.8, 4) is 0 Å². The molecule has 21 heavy (non-hydrogen) atoms. The predicted molar refractivity (Wildman–Crippen MR) is 82.0 cm³/mol. The van der Waals surface area contributed by atoms with Crippen LogP contribution in [0.4, 0.5) is 0 Å². The normalized spacial score (nSPS) is 28.8. The number of amides is 1. The minimum Gasteiger partial charge on any atom is -0.481 e. The largest absolute Gasteiger partial charge is 0.481 e. The van der Waals surface area contributed by atoms with E-state index < -0.39 is 11.4 Å². The summed E-state index contributed by atoms with van der Waals surface area (Å²) >= 11 is 0. The number of aliphatic carboxylic acids is 1. The molecule has 0 spiro atoms. The Hall–Kier alpha value is -1.06. The van der Waals surface area contributed by atoms with E-state index in [1.54, 1.807) is 0 Å². The standard InChI is InChI=1S/C17H29NO3/c1-2-13-7-6-8-14(11-13)18-15(19)12-17(16(20)21)9-4-3-5-10-17/h13-14H,2-12H2,1H3,(H,18,19)(H,20,21). The number of hydrogen-bond acceptors (Lipinski definition) is 2. The number of nitrogens with one attached hydrogen (secondary N) is 1. The van der Waals surface area contributed by atoms with E-state index in [2.05, 4.69) is 12.2 Å².